The van der Waals surface area contributed by atoms with E-state index in [2.05, 4.69) is 31.9 Å². The van der Waals surface area contributed by atoms with Crippen molar-refractivity contribution in [2.24, 2.45) is 0 Å². The molecule has 0 aliphatic heterocycles. The Morgan fingerprint density at radius 3 is 2.63 bits per heavy atom. The van der Waals surface area contributed by atoms with Gasteiger partial charge in [-0.1, -0.05) is 37.9 Å². The molecule has 0 heterocycles. The van der Waals surface area contributed by atoms with Crippen LogP contribution < -0.4 is 0 Å². The number of hydrogen-bond acceptors (Lipinski definition) is 1. The van der Waals surface area contributed by atoms with Gasteiger partial charge in [0.25, 0.3) is 0 Å². The molecule has 0 saturated carbocycles. The Kier molecular flexibility index (Phi) is 4.53. The molecular weight excluding hydrogens is 375 g/mol. The van der Waals surface area contributed by atoms with Crippen molar-refractivity contribution in [1.82, 2.24) is 0 Å². The number of rotatable bonds is 3. The Hall–Kier alpha value is -1.00. The predicted octanol–water partition coefficient (Wildman–Crippen LogP) is 5.08. The lowest BCUT2D eigenvalue weighted by atomic mass is 9.99. The fourth-order valence-corrected chi connectivity index (χ4v) is 2.59. The number of carbonyl (C=O) groups is 1. The van der Waals surface area contributed by atoms with Crippen LogP contribution >= 0.6 is 31.9 Å². The third-order valence-corrected chi connectivity index (χ3v) is 4.13. The Labute approximate surface area is 128 Å². The third kappa shape index (κ3) is 3.51. The lowest BCUT2D eigenvalue weighted by Gasteiger charge is -2.07. The van der Waals surface area contributed by atoms with Gasteiger partial charge in [0.15, 0.2) is 5.78 Å². The molecule has 0 bridgehead atoms. The fraction of sp³-hybridized carbons (Fsp3) is 0.133. The zero-order valence-corrected chi connectivity index (χ0v) is 13.4. The van der Waals surface area contributed by atoms with Crippen LogP contribution in [0.4, 0.5) is 4.39 Å². The van der Waals surface area contributed by atoms with Gasteiger partial charge in [-0.15, -0.1) is 0 Å². The summed E-state index contributed by atoms with van der Waals surface area (Å²) < 4.78 is 14.8. The van der Waals surface area contributed by atoms with Crippen LogP contribution in [0.2, 0.25) is 0 Å². The van der Waals surface area contributed by atoms with Crippen molar-refractivity contribution < 1.29 is 9.18 Å². The average Bonchev–Trinajstić information content (AvgIpc) is 2.36. The van der Waals surface area contributed by atoms with E-state index in [1.165, 1.54) is 12.1 Å². The van der Waals surface area contributed by atoms with Crippen molar-refractivity contribution in [2.45, 2.75) is 13.3 Å². The monoisotopic (exact) mass is 384 g/mol. The molecule has 0 N–H and O–H groups in total. The predicted molar refractivity (Wildman–Crippen MR) is 81.0 cm³/mol. The Morgan fingerprint density at radius 2 is 1.89 bits per heavy atom. The van der Waals surface area contributed by atoms with Gasteiger partial charge < -0.3 is 0 Å². The SMILES string of the molecule is Cc1ccc(Br)cc1C(=O)Cc1cc(F)ccc1Br. The van der Waals surface area contributed by atoms with Gasteiger partial charge in [0.05, 0.1) is 0 Å². The van der Waals surface area contributed by atoms with Crippen LogP contribution in [0.3, 0.4) is 0 Å². The molecule has 2 aromatic carbocycles. The molecule has 19 heavy (non-hydrogen) atoms. The molecule has 0 saturated heterocycles. The minimum Gasteiger partial charge on any atom is -0.294 e. The summed E-state index contributed by atoms with van der Waals surface area (Å²) in [6, 6.07) is 9.94. The maximum absolute atomic E-state index is 13.2. The van der Waals surface area contributed by atoms with Gasteiger partial charge in [0.2, 0.25) is 0 Å². The van der Waals surface area contributed by atoms with Crippen LogP contribution in [0.5, 0.6) is 0 Å². The standard InChI is InChI=1S/C15H11Br2FO/c1-9-2-3-11(16)8-13(9)15(19)7-10-6-12(18)4-5-14(10)17/h2-6,8H,7H2,1H3. The third-order valence-electron chi connectivity index (χ3n) is 2.86. The van der Waals surface area contributed by atoms with Gasteiger partial charge in [0.1, 0.15) is 5.82 Å². The minimum absolute atomic E-state index is 0.0231. The van der Waals surface area contributed by atoms with Gasteiger partial charge in [-0.25, -0.2) is 4.39 Å². The summed E-state index contributed by atoms with van der Waals surface area (Å²) in [4.78, 5) is 12.3. The molecule has 1 nitrogen and oxygen atoms in total. The quantitative estimate of drug-likeness (QED) is 0.673. The first-order valence-electron chi connectivity index (χ1n) is 5.70. The second kappa shape index (κ2) is 5.97. The summed E-state index contributed by atoms with van der Waals surface area (Å²) in [7, 11) is 0. The van der Waals surface area contributed by atoms with E-state index >= 15 is 0 Å². The first-order valence-corrected chi connectivity index (χ1v) is 7.29. The number of ketones is 1. The normalized spacial score (nSPS) is 10.5. The molecule has 0 aliphatic rings. The van der Waals surface area contributed by atoms with E-state index in [4.69, 9.17) is 0 Å². The second-order valence-electron chi connectivity index (χ2n) is 4.29. The van der Waals surface area contributed by atoms with E-state index in [-0.39, 0.29) is 18.0 Å². The molecule has 2 aromatic rings. The molecule has 0 aromatic heterocycles. The number of hydrogen-bond donors (Lipinski definition) is 0. The van der Waals surface area contributed by atoms with Crippen LogP contribution in [-0.2, 0) is 6.42 Å². The second-order valence-corrected chi connectivity index (χ2v) is 6.06. The maximum Gasteiger partial charge on any atom is 0.167 e. The molecule has 0 spiro atoms. The van der Waals surface area contributed by atoms with Crippen molar-refractivity contribution in [3.05, 3.63) is 67.9 Å². The molecular formula is C15H11Br2FO. The molecule has 0 aliphatic carbocycles. The van der Waals surface area contributed by atoms with Crippen molar-refractivity contribution in [3.8, 4) is 0 Å². The fourth-order valence-electron chi connectivity index (χ4n) is 1.84. The van der Waals surface area contributed by atoms with E-state index in [1.807, 2.05) is 19.1 Å². The van der Waals surface area contributed by atoms with Crippen molar-refractivity contribution in [1.29, 1.82) is 0 Å². The lowest BCUT2D eigenvalue weighted by Crippen LogP contribution is -2.06. The molecule has 0 radical (unpaired) electrons. The molecule has 98 valence electrons. The zero-order valence-electron chi connectivity index (χ0n) is 10.2. The van der Waals surface area contributed by atoms with Gasteiger partial charge in [-0.2, -0.15) is 0 Å². The van der Waals surface area contributed by atoms with Gasteiger partial charge in [-0.3, -0.25) is 4.79 Å². The highest BCUT2D eigenvalue weighted by Crippen LogP contribution is 2.22. The van der Waals surface area contributed by atoms with E-state index < -0.39 is 0 Å². The highest BCUT2D eigenvalue weighted by molar-refractivity contribution is 9.10. The van der Waals surface area contributed by atoms with Crippen LogP contribution in [0, 0.1) is 12.7 Å². The molecule has 0 fully saturated rings. The maximum atomic E-state index is 13.2. The number of Topliss-reactive ketones (excluding diaryl/α,β-unsaturated/α-hetero) is 1. The van der Waals surface area contributed by atoms with Gasteiger partial charge in [0, 0.05) is 20.9 Å². The number of aryl methyl sites for hydroxylation is 1. The highest BCUT2D eigenvalue weighted by atomic mass is 79.9. The molecule has 2 rings (SSSR count). The van der Waals surface area contributed by atoms with Gasteiger partial charge >= 0.3 is 0 Å². The Bertz CT molecular complexity index is 638. The zero-order chi connectivity index (χ0) is 14.0. The van der Waals surface area contributed by atoms with E-state index in [0.717, 1.165) is 14.5 Å². The average molecular weight is 386 g/mol. The summed E-state index contributed by atoms with van der Waals surface area (Å²) in [6.45, 7) is 1.89. The molecule has 0 atom stereocenters. The summed E-state index contributed by atoms with van der Waals surface area (Å²) in [6.07, 6.45) is 0.176. The first-order chi connectivity index (χ1) is 8.97. The lowest BCUT2D eigenvalue weighted by molar-refractivity contribution is 0.0992. The number of carbonyl (C=O) groups excluding carboxylic acids is 1. The van der Waals surface area contributed by atoms with Crippen LogP contribution in [-0.4, -0.2) is 5.78 Å². The molecule has 4 heteroatoms. The molecule has 0 amide bonds. The molecule has 0 unspecified atom stereocenters. The van der Waals surface area contributed by atoms with Crippen molar-refractivity contribution in [3.63, 3.8) is 0 Å². The summed E-state index contributed by atoms with van der Waals surface area (Å²) in [5.41, 5.74) is 2.23. The first kappa shape index (κ1) is 14.4. The smallest absolute Gasteiger partial charge is 0.167 e. The van der Waals surface area contributed by atoms with Crippen LogP contribution in [0.15, 0.2) is 45.3 Å². The summed E-state index contributed by atoms with van der Waals surface area (Å²) >= 11 is 6.69. The van der Waals surface area contributed by atoms with E-state index in [1.54, 1.807) is 12.1 Å². The summed E-state index contributed by atoms with van der Waals surface area (Å²) in [5.74, 6) is -0.359. The Balaban J connectivity index is 2.30. The van der Waals surface area contributed by atoms with E-state index in [9.17, 15) is 9.18 Å². The van der Waals surface area contributed by atoms with Crippen LogP contribution in [0.1, 0.15) is 21.5 Å². The van der Waals surface area contributed by atoms with Crippen molar-refractivity contribution >= 4 is 37.6 Å². The minimum atomic E-state index is -0.336. The van der Waals surface area contributed by atoms with Crippen molar-refractivity contribution in [2.75, 3.05) is 0 Å². The number of benzene rings is 2. The van der Waals surface area contributed by atoms with E-state index in [0.29, 0.717) is 11.1 Å². The topological polar surface area (TPSA) is 17.1 Å². The highest BCUT2D eigenvalue weighted by Gasteiger charge is 2.13. The number of halogens is 3. The summed E-state index contributed by atoms with van der Waals surface area (Å²) in [5, 5.41) is 0. The van der Waals surface area contributed by atoms with Crippen LogP contribution in [0.25, 0.3) is 0 Å². The Morgan fingerprint density at radius 1 is 1.16 bits per heavy atom. The largest absolute Gasteiger partial charge is 0.294 e. The van der Waals surface area contributed by atoms with Gasteiger partial charge in [-0.05, 0) is 48.4 Å².